The van der Waals surface area contributed by atoms with E-state index in [-0.39, 0.29) is 0 Å². The smallest absolute Gasteiger partial charge is 0.200 e. The molecule has 4 N–H and O–H groups in total. The number of hydrogen-bond acceptors (Lipinski definition) is 3. The van der Waals surface area contributed by atoms with Gasteiger partial charge in [-0.25, -0.2) is 4.98 Å². The first-order chi connectivity index (χ1) is 5.27. The summed E-state index contributed by atoms with van der Waals surface area (Å²) in [5, 5.41) is 0.874. The predicted octanol–water partition coefficient (Wildman–Crippen LogP) is 1.20. The van der Waals surface area contributed by atoms with Crippen LogP contribution in [0.5, 0.6) is 0 Å². The number of nitrogen functional groups attached to an aromatic ring is 1. The molecule has 0 aliphatic heterocycles. The summed E-state index contributed by atoms with van der Waals surface area (Å²) in [6.45, 7) is 0. The number of hydrogen-bond donors (Lipinski definition) is 3. The summed E-state index contributed by atoms with van der Waals surface area (Å²) in [6, 6.07) is 1.85. The van der Waals surface area contributed by atoms with Crippen LogP contribution in [0.15, 0.2) is 12.3 Å². The number of aromatic nitrogens is 3. The highest BCUT2D eigenvalue weighted by atomic mass is 32.1. The molecule has 0 spiro atoms. The molecule has 2 heterocycles. The highest BCUT2D eigenvalue weighted by Crippen LogP contribution is 2.13. The van der Waals surface area contributed by atoms with Crippen LogP contribution in [0.2, 0.25) is 0 Å². The van der Waals surface area contributed by atoms with Crippen LogP contribution >= 0.6 is 12.2 Å². The molecule has 4 nitrogen and oxygen atoms in total. The number of fused-ring (bicyclic) bond motifs is 1. The van der Waals surface area contributed by atoms with E-state index in [1.165, 1.54) is 0 Å². The van der Waals surface area contributed by atoms with E-state index in [0.29, 0.717) is 10.6 Å². The molecular weight excluding hydrogens is 160 g/mol. The van der Waals surface area contributed by atoms with Crippen molar-refractivity contribution >= 4 is 29.1 Å². The first-order valence-corrected chi connectivity index (χ1v) is 3.51. The van der Waals surface area contributed by atoms with Crippen molar-refractivity contribution in [3.63, 3.8) is 0 Å². The fraction of sp³-hybridized carbons (Fsp3) is 0. The Balaban J connectivity index is 3.02. The predicted molar refractivity (Wildman–Crippen MR) is 45.7 cm³/mol. The van der Waals surface area contributed by atoms with Gasteiger partial charge in [-0.05, 0) is 18.3 Å². The molecule has 0 aliphatic carbocycles. The number of aromatic amines is 2. The Morgan fingerprint density at radius 1 is 1.55 bits per heavy atom. The Kier molecular flexibility index (Phi) is 1.19. The van der Waals surface area contributed by atoms with Gasteiger partial charge in [0.1, 0.15) is 11.5 Å². The van der Waals surface area contributed by atoms with Crippen molar-refractivity contribution in [2.45, 2.75) is 0 Å². The average Bonchev–Trinajstić information content (AvgIpc) is 2.34. The van der Waals surface area contributed by atoms with E-state index in [1.54, 1.807) is 6.20 Å². The summed E-state index contributed by atoms with van der Waals surface area (Å²) in [7, 11) is 0. The molecule has 5 heteroatoms. The molecule has 0 aliphatic rings. The van der Waals surface area contributed by atoms with Gasteiger partial charge in [0.25, 0.3) is 0 Å². The van der Waals surface area contributed by atoms with Crippen LogP contribution in [0.4, 0.5) is 5.82 Å². The summed E-state index contributed by atoms with van der Waals surface area (Å²) in [6.07, 6.45) is 1.77. The van der Waals surface area contributed by atoms with E-state index in [1.807, 2.05) is 6.07 Å². The van der Waals surface area contributed by atoms with Gasteiger partial charge in [0.2, 0.25) is 0 Å². The Morgan fingerprint density at radius 3 is 3.18 bits per heavy atom. The molecule has 0 atom stereocenters. The number of nitrogens with zero attached hydrogens (tertiary/aromatic N) is 1. The summed E-state index contributed by atoms with van der Waals surface area (Å²) < 4.78 is 0.400. The van der Waals surface area contributed by atoms with Gasteiger partial charge in [-0.15, -0.1) is 0 Å². The molecule has 0 radical (unpaired) electrons. The van der Waals surface area contributed by atoms with Gasteiger partial charge in [-0.3, -0.25) is 0 Å². The maximum Gasteiger partial charge on any atom is 0.200 e. The topological polar surface area (TPSA) is 70.5 Å². The van der Waals surface area contributed by atoms with Crippen molar-refractivity contribution in [2.24, 2.45) is 0 Å². The van der Waals surface area contributed by atoms with Crippen molar-refractivity contribution < 1.29 is 0 Å². The third-order valence-corrected chi connectivity index (χ3v) is 1.66. The van der Waals surface area contributed by atoms with E-state index >= 15 is 0 Å². The van der Waals surface area contributed by atoms with Crippen LogP contribution in [0.1, 0.15) is 0 Å². The minimum absolute atomic E-state index is 0.400. The first-order valence-electron chi connectivity index (χ1n) is 3.10. The van der Waals surface area contributed by atoms with Gasteiger partial charge in [0.15, 0.2) is 4.77 Å². The zero-order chi connectivity index (χ0) is 7.84. The lowest BCUT2D eigenvalue weighted by Crippen LogP contribution is -1.92. The van der Waals surface area contributed by atoms with Crippen LogP contribution < -0.4 is 5.73 Å². The highest BCUT2D eigenvalue weighted by Gasteiger charge is 1.98. The second-order valence-corrected chi connectivity index (χ2v) is 2.58. The number of H-pyrrole nitrogens is 2. The van der Waals surface area contributed by atoms with Crippen molar-refractivity contribution in [3.8, 4) is 0 Å². The second kappa shape index (κ2) is 2.06. The van der Waals surface area contributed by atoms with Crippen molar-refractivity contribution in [2.75, 3.05) is 5.73 Å². The van der Waals surface area contributed by atoms with Gasteiger partial charge < -0.3 is 15.7 Å². The fourth-order valence-electron chi connectivity index (χ4n) is 0.982. The largest absolute Gasteiger partial charge is 0.385 e. The molecule has 2 rings (SSSR count). The van der Waals surface area contributed by atoms with E-state index in [4.69, 9.17) is 18.0 Å². The molecule has 2 aromatic heterocycles. The standard InChI is InChI=1S/C6H6N4S/c7-4-3-1-2-8-5(3)10-6(11)9-4/h1-2H,(H4,7,8,9,10,11). The molecule has 0 saturated heterocycles. The van der Waals surface area contributed by atoms with Gasteiger partial charge in [0.05, 0.1) is 5.39 Å². The lowest BCUT2D eigenvalue weighted by atomic mass is 10.4. The molecular formula is C6H6N4S. The molecule has 0 fully saturated rings. The molecule has 2 aromatic rings. The highest BCUT2D eigenvalue weighted by molar-refractivity contribution is 7.71. The fourth-order valence-corrected chi connectivity index (χ4v) is 1.18. The van der Waals surface area contributed by atoms with Crippen molar-refractivity contribution in [1.82, 2.24) is 15.0 Å². The molecule has 0 aromatic carbocycles. The van der Waals surface area contributed by atoms with Crippen LogP contribution in [0.25, 0.3) is 11.0 Å². The minimum Gasteiger partial charge on any atom is -0.385 e. The Morgan fingerprint density at radius 2 is 2.36 bits per heavy atom. The normalized spacial score (nSPS) is 10.5. The maximum absolute atomic E-state index is 5.62. The molecule has 0 bridgehead atoms. The van der Waals surface area contributed by atoms with Crippen LogP contribution in [0.3, 0.4) is 0 Å². The summed E-state index contributed by atoms with van der Waals surface area (Å²) in [5.74, 6) is 0.557. The number of rotatable bonds is 0. The van der Waals surface area contributed by atoms with Crippen LogP contribution in [-0.2, 0) is 0 Å². The van der Waals surface area contributed by atoms with Gasteiger partial charge in [-0.2, -0.15) is 0 Å². The molecule has 0 amide bonds. The number of nitrogens with one attached hydrogen (secondary N) is 2. The summed E-state index contributed by atoms with van der Waals surface area (Å²) in [5.41, 5.74) is 6.35. The monoisotopic (exact) mass is 166 g/mol. The van der Waals surface area contributed by atoms with Gasteiger partial charge >= 0.3 is 0 Å². The van der Waals surface area contributed by atoms with Crippen LogP contribution in [-0.4, -0.2) is 15.0 Å². The third kappa shape index (κ3) is 0.894. The Hall–Kier alpha value is -1.36. The molecule has 11 heavy (non-hydrogen) atoms. The van der Waals surface area contributed by atoms with Crippen LogP contribution in [0, 0.1) is 4.77 Å². The summed E-state index contributed by atoms with van der Waals surface area (Å²) >= 11 is 4.83. The molecule has 0 saturated carbocycles. The first kappa shape index (κ1) is 6.36. The van der Waals surface area contributed by atoms with E-state index in [9.17, 15) is 0 Å². The Bertz CT molecular complexity index is 441. The third-order valence-electron chi connectivity index (χ3n) is 1.47. The van der Waals surface area contributed by atoms with E-state index < -0.39 is 0 Å². The number of anilines is 1. The lowest BCUT2D eigenvalue weighted by molar-refractivity contribution is 1.17. The van der Waals surface area contributed by atoms with E-state index in [0.717, 1.165) is 11.0 Å². The minimum atomic E-state index is 0.400. The lowest BCUT2D eigenvalue weighted by Gasteiger charge is -1.93. The quantitative estimate of drug-likeness (QED) is 0.515. The van der Waals surface area contributed by atoms with E-state index in [2.05, 4.69) is 15.0 Å². The SMILES string of the molecule is Nc1[nH]c(=S)nc2[nH]ccc12. The summed E-state index contributed by atoms with van der Waals surface area (Å²) in [4.78, 5) is 9.70. The molecule has 0 unspecified atom stereocenters. The Labute approximate surface area is 67.5 Å². The van der Waals surface area contributed by atoms with Gasteiger partial charge in [-0.1, -0.05) is 0 Å². The number of nitrogens with two attached hydrogens (primary N) is 1. The zero-order valence-corrected chi connectivity index (χ0v) is 6.40. The molecule has 56 valence electrons. The van der Waals surface area contributed by atoms with Gasteiger partial charge in [0, 0.05) is 6.20 Å². The van der Waals surface area contributed by atoms with Crippen molar-refractivity contribution in [3.05, 3.63) is 17.0 Å². The van der Waals surface area contributed by atoms with Crippen molar-refractivity contribution in [1.29, 1.82) is 0 Å². The second-order valence-electron chi connectivity index (χ2n) is 2.20. The zero-order valence-electron chi connectivity index (χ0n) is 5.59. The maximum atomic E-state index is 5.62. The average molecular weight is 166 g/mol.